The van der Waals surface area contributed by atoms with Crippen molar-refractivity contribution in [2.75, 3.05) is 0 Å². The van der Waals surface area contributed by atoms with Crippen LogP contribution in [-0.2, 0) is 0 Å². The topological polar surface area (TPSA) is 41.1 Å². The number of para-hydroxylation sites is 4. The van der Waals surface area contributed by atoms with Crippen LogP contribution < -0.4 is 0 Å². The first kappa shape index (κ1) is 64.9. The molecule has 18 aromatic carbocycles. The Bertz CT molecular complexity index is 7750. The number of rotatable bonds is 10. The second-order valence-corrected chi connectivity index (χ2v) is 30.1. The molecule has 5 nitrogen and oxygen atoms in total. The molecule has 0 radical (unpaired) electrons. The summed E-state index contributed by atoms with van der Waals surface area (Å²) in [6, 6.07) is 150. The first-order chi connectivity index (χ1) is 56.5. The summed E-state index contributed by atoms with van der Waals surface area (Å²) < 4.78 is 20.4. The van der Waals surface area contributed by atoms with Gasteiger partial charge in [0.2, 0.25) is 0 Å². The monoisotopic (exact) mass is 1450 g/mol. The predicted octanol–water partition coefficient (Wildman–Crippen LogP) is 29.6. The Hall–Kier alpha value is -15.0. The highest BCUT2D eigenvalue weighted by molar-refractivity contribution is 6.28. The van der Waals surface area contributed by atoms with Gasteiger partial charge in [-0.2, -0.15) is 0 Å². The highest BCUT2D eigenvalue weighted by Gasteiger charge is 2.34. The van der Waals surface area contributed by atoms with Crippen LogP contribution in [0.15, 0.2) is 421 Å². The molecule has 0 saturated heterocycles. The minimum absolute atomic E-state index is 0.0825. The van der Waals surface area contributed by atoms with Gasteiger partial charge in [0.15, 0.2) is 0 Å². The molecule has 1 aliphatic carbocycles. The molecular weight excluding hydrogens is 1380 g/mol. The molecule has 23 aromatic rings. The Morgan fingerprint density at radius 3 is 1.17 bits per heavy atom. The van der Waals surface area contributed by atoms with E-state index in [1.165, 1.54) is 149 Å². The molecule has 0 N–H and O–H groups in total. The van der Waals surface area contributed by atoms with Crippen LogP contribution in [0, 0.1) is 0 Å². The zero-order valence-corrected chi connectivity index (χ0v) is 62.0. The summed E-state index contributed by atoms with van der Waals surface area (Å²) in [5.74, 6) is 0.0825. The fraction of sp³-hybridized carbons (Fsp3) is 0.00917. The average Bonchev–Trinajstić information content (AvgIpc) is 1.56. The van der Waals surface area contributed by atoms with Crippen LogP contribution in [0.4, 0.5) is 0 Å². The Morgan fingerprint density at radius 2 is 0.588 bits per heavy atom. The Labute approximate surface area is 657 Å². The van der Waals surface area contributed by atoms with E-state index in [0.29, 0.717) is 0 Å². The Balaban J connectivity index is 0.000000135. The van der Waals surface area contributed by atoms with Gasteiger partial charge >= 0.3 is 0 Å². The van der Waals surface area contributed by atoms with Crippen LogP contribution >= 0.6 is 0 Å². The van der Waals surface area contributed by atoms with Crippen molar-refractivity contribution in [2.45, 2.75) is 5.92 Å². The van der Waals surface area contributed by atoms with Gasteiger partial charge in [0.05, 0.1) is 33.1 Å². The molecule has 1 atom stereocenters. The van der Waals surface area contributed by atoms with Crippen LogP contribution in [0.1, 0.15) is 22.6 Å². The van der Waals surface area contributed by atoms with Crippen molar-refractivity contribution in [3.8, 4) is 95.0 Å². The molecule has 5 aromatic heterocycles. The molecule has 532 valence electrons. The van der Waals surface area contributed by atoms with E-state index in [4.69, 9.17) is 8.83 Å². The fourth-order valence-corrected chi connectivity index (χ4v) is 18.5. The maximum Gasteiger partial charge on any atom is 0.143 e. The highest BCUT2D eigenvalue weighted by Crippen LogP contribution is 2.54. The molecule has 24 rings (SSSR count). The van der Waals surface area contributed by atoms with Crippen LogP contribution in [0.3, 0.4) is 0 Å². The normalized spacial score (nSPS) is 12.6. The zero-order chi connectivity index (χ0) is 74.9. The lowest BCUT2D eigenvalue weighted by molar-refractivity contribution is 0.669. The van der Waals surface area contributed by atoms with E-state index in [0.717, 1.165) is 72.0 Å². The molecule has 1 unspecified atom stereocenters. The molecule has 5 heterocycles. The number of nitrogens with zero attached hydrogens (tertiary/aromatic N) is 3. The third-order valence-electron chi connectivity index (χ3n) is 23.8. The number of hydrogen-bond acceptors (Lipinski definition) is 2. The van der Waals surface area contributed by atoms with Crippen LogP contribution in [0.2, 0.25) is 0 Å². The van der Waals surface area contributed by atoms with Gasteiger partial charge < -0.3 is 22.5 Å². The van der Waals surface area contributed by atoms with Crippen molar-refractivity contribution in [1.82, 2.24) is 13.7 Å². The van der Waals surface area contributed by atoms with Crippen molar-refractivity contribution in [3.05, 3.63) is 429 Å². The summed E-state index contributed by atoms with van der Waals surface area (Å²) in [5.41, 5.74) is 35.0. The van der Waals surface area contributed by atoms with E-state index in [1.807, 2.05) is 6.07 Å². The molecule has 1 aliphatic rings. The molecule has 114 heavy (non-hydrogen) atoms. The minimum atomic E-state index is 0.0825. The first-order valence-electron chi connectivity index (χ1n) is 39.2. The van der Waals surface area contributed by atoms with Gasteiger partial charge in [0, 0.05) is 82.4 Å². The minimum Gasteiger partial charge on any atom is -0.456 e. The summed E-state index contributed by atoms with van der Waals surface area (Å²) >= 11 is 0. The van der Waals surface area contributed by atoms with Gasteiger partial charge in [0.25, 0.3) is 0 Å². The summed E-state index contributed by atoms with van der Waals surface area (Å²) in [7, 11) is 0. The Morgan fingerprint density at radius 1 is 0.193 bits per heavy atom. The maximum absolute atomic E-state index is 6.76. The molecule has 5 heteroatoms. The number of aromatic nitrogens is 3. The van der Waals surface area contributed by atoms with Crippen molar-refractivity contribution in [2.24, 2.45) is 0 Å². The van der Waals surface area contributed by atoms with Crippen LogP contribution in [0.25, 0.3) is 204 Å². The largest absolute Gasteiger partial charge is 0.456 e. The second kappa shape index (κ2) is 26.3. The van der Waals surface area contributed by atoms with Crippen molar-refractivity contribution >= 4 is 109 Å². The van der Waals surface area contributed by atoms with Crippen molar-refractivity contribution in [1.29, 1.82) is 0 Å². The standard InChI is InChI=1S/C55H35NO.C54H34N2O/c1-3-12-35(13-4-1)37-22-26-42(27-23-37)56-50-20-9-7-18-43(50)48-33-40(25-31-51(48)56)39-24-28-45-49(34-39)54-47(30-29-46-44-19-8-10-21-52(44)57-55(46)54)53(45)41-17-11-16-38(32-41)36-14-5-2-6-15-36;1-3-12-35(13-4-1)37-22-26-41(27-23-37)55-47-20-9-7-18-43(47)45-33-39(24-28-48(45)55)40-25-29-49-46(34-40)53-50(30-31-52-54(53)44-19-8-10-21-51(44)57-52)56(49)42-17-11-16-38(32-42)36-14-5-2-6-15-36/h1-34,53H;1-34H. The van der Waals surface area contributed by atoms with Gasteiger partial charge in [0.1, 0.15) is 22.3 Å². The zero-order valence-electron chi connectivity index (χ0n) is 62.0. The number of fused-ring (bicyclic) bond motifs is 20. The average molecular weight is 1450 g/mol. The van der Waals surface area contributed by atoms with Gasteiger partial charge in [-0.05, 0) is 204 Å². The lowest BCUT2D eigenvalue weighted by Crippen LogP contribution is -1.99. The molecule has 0 amide bonds. The van der Waals surface area contributed by atoms with E-state index >= 15 is 0 Å². The predicted molar refractivity (Wildman–Crippen MR) is 476 cm³/mol. The summed E-state index contributed by atoms with van der Waals surface area (Å²) in [5, 5.41) is 12.0. The van der Waals surface area contributed by atoms with E-state index < -0.39 is 0 Å². The number of benzene rings is 18. The highest BCUT2D eigenvalue weighted by atomic mass is 16.3. The fourth-order valence-electron chi connectivity index (χ4n) is 18.5. The van der Waals surface area contributed by atoms with E-state index in [9.17, 15) is 0 Å². The van der Waals surface area contributed by atoms with E-state index in [-0.39, 0.29) is 5.92 Å². The second-order valence-electron chi connectivity index (χ2n) is 30.1. The van der Waals surface area contributed by atoms with Crippen LogP contribution in [0.5, 0.6) is 0 Å². The van der Waals surface area contributed by atoms with Crippen LogP contribution in [-0.4, -0.2) is 13.7 Å². The molecule has 0 spiro atoms. The van der Waals surface area contributed by atoms with Gasteiger partial charge in [-0.25, -0.2) is 0 Å². The summed E-state index contributed by atoms with van der Waals surface area (Å²) in [4.78, 5) is 0. The molecule has 0 saturated carbocycles. The number of furan rings is 2. The molecular formula is C109H69N3O2. The van der Waals surface area contributed by atoms with Gasteiger partial charge in [-0.15, -0.1) is 0 Å². The van der Waals surface area contributed by atoms with Gasteiger partial charge in [-0.1, -0.05) is 297 Å². The van der Waals surface area contributed by atoms with Crippen molar-refractivity contribution in [3.63, 3.8) is 0 Å². The summed E-state index contributed by atoms with van der Waals surface area (Å²) in [6.45, 7) is 0. The smallest absolute Gasteiger partial charge is 0.143 e. The third kappa shape index (κ3) is 10.5. The van der Waals surface area contributed by atoms with Crippen molar-refractivity contribution < 1.29 is 8.83 Å². The van der Waals surface area contributed by atoms with Gasteiger partial charge in [-0.3, -0.25) is 0 Å². The Kier molecular flexibility index (Phi) is 15.0. The molecule has 0 aliphatic heterocycles. The lowest BCUT2D eigenvalue weighted by Gasteiger charge is -2.16. The maximum atomic E-state index is 6.76. The third-order valence-corrected chi connectivity index (χ3v) is 23.8. The first-order valence-corrected chi connectivity index (χ1v) is 39.2. The van der Waals surface area contributed by atoms with E-state index in [1.54, 1.807) is 0 Å². The summed E-state index contributed by atoms with van der Waals surface area (Å²) in [6.07, 6.45) is 0. The van der Waals surface area contributed by atoms with E-state index in [2.05, 4.69) is 420 Å². The molecule has 0 fully saturated rings. The quantitative estimate of drug-likeness (QED) is 0.137. The lowest BCUT2D eigenvalue weighted by atomic mass is 9.87. The number of hydrogen-bond donors (Lipinski definition) is 0. The molecule has 0 bridgehead atoms. The SMILES string of the molecule is c1ccc(-c2ccc(-n3c4ccccc4c4cc(-c5ccc6c(c5)-c5c(ccc7c5oc5ccccc57)C6c5cccc(-c6ccccc6)c5)ccc43)cc2)cc1.c1ccc(-c2ccc(-n3c4ccccc4c4cc(-c5ccc6c(c5)c5c7c(ccc5n6-c5cccc(-c6ccccc6)c5)oc5ccccc57)ccc43)cc2)cc1.